The molecular weight excluding hydrogens is 419 g/mol. The van der Waals surface area contributed by atoms with E-state index in [4.69, 9.17) is 5.73 Å². The van der Waals surface area contributed by atoms with Crippen LogP contribution in [0, 0.1) is 20.8 Å². The third kappa shape index (κ3) is 6.87. The Morgan fingerprint density at radius 3 is 2.37 bits per heavy atom. The lowest BCUT2D eigenvalue weighted by Crippen LogP contribution is -2.41. The van der Waals surface area contributed by atoms with Gasteiger partial charge in [0.25, 0.3) is 0 Å². The number of aromatic nitrogens is 2. The smallest absolute Gasteiger partial charge is 0.237 e. The van der Waals surface area contributed by atoms with Crippen LogP contribution in [0.1, 0.15) is 33.5 Å². The van der Waals surface area contributed by atoms with E-state index in [0.29, 0.717) is 13.0 Å². The maximum Gasteiger partial charge on any atom is 0.237 e. The van der Waals surface area contributed by atoms with Crippen LogP contribution in [0.15, 0.2) is 55.0 Å². The predicted octanol–water partition coefficient (Wildman–Crippen LogP) is 3.89. The normalized spacial score (nSPS) is 11.2. The van der Waals surface area contributed by atoms with Crippen LogP contribution in [0.4, 0.5) is 0 Å². The Morgan fingerprint density at radius 2 is 1.73 bits per heavy atom. The van der Waals surface area contributed by atoms with Crippen molar-refractivity contribution < 1.29 is 4.79 Å². The van der Waals surface area contributed by atoms with Crippen LogP contribution in [0.2, 0.25) is 0 Å². The maximum atomic E-state index is 12.4. The summed E-state index contributed by atoms with van der Waals surface area (Å²) in [7, 11) is 0. The second-order valence-electron chi connectivity index (χ2n) is 7.43. The van der Waals surface area contributed by atoms with Crippen molar-refractivity contribution in [2.24, 2.45) is 5.73 Å². The van der Waals surface area contributed by atoms with Crippen molar-refractivity contribution in [3.63, 3.8) is 0 Å². The first-order valence-electron chi connectivity index (χ1n) is 9.57. The van der Waals surface area contributed by atoms with E-state index in [1.807, 2.05) is 29.0 Å². The van der Waals surface area contributed by atoms with E-state index in [1.54, 1.807) is 6.33 Å². The van der Waals surface area contributed by atoms with E-state index in [0.717, 1.165) is 17.8 Å². The molecular formula is C23H30Cl2N4O. The molecule has 0 aliphatic rings. The quantitative estimate of drug-likeness (QED) is 0.575. The minimum absolute atomic E-state index is 0. The van der Waals surface area contributed by atoms with E-state index in [-0.39, 0.29) is 30.7 Å². The van der Waals surface area contributed by atoms with Gasteiger partial charge in [-0.2, -0.15) is 0 Å². The summed E-state index contributed by atoms with van der Waals surface area (Å²) in [6, 6.07) is 13.8. The lowest BCUT2D eigenvalue weighted by atomic mass is 10.00. The van der Waals surface area contributed by atoms with E-state index in [9.17, 15) is 4.79 Å². The van der Waals surface area contributed by atoms with Gasteiger partial charge in [-0.3, -0.25) is 4.79 Å². The van der Waals surface area contributed by atoms with Crippen LogP contribution in [0.5, 0.6) is 0 Å². The highest BCUT2D eigenvalue weighted by atomic mass is 35.5. The Labute approximate surface area is 190 Å². The third-order valence-electron chi connectivity index (χ3n) is 4.94. The second-order valence-corrected chi connectivity index (χ2v) is 7.43. The molecule has 3 rings (SSSR count). The fourth-order valence-corrected chi connectivity index (χ4v) is 3.51. The molecule has 0 unspecified atom stereocenters. The zero-order valence-corrected chi connectivity index (χ0v) is 19.2. The van der Waals surface area contributed by atoms with Crippen LogP contribution in [0.25, 0.3) is 0 Å². The summed E-state index contributed by atoms with van der Waals surface area (Å²) in [5, 5.41) is 2.97. The van der Waals surface area contributed by atoms with Gasteiger partial charge in [-0.1, -0.05) is 48.0 Å². The average molecular weight is 449 g/mol. The number of imidazole rings is 1. The van der Waals surface area contributed by atoms with Crippen LogP contribution < -0.4 is 11.1 Å². The summed E-state index contributed by atoms with van der Waals surface area (Å²) in [4.78, 5) is 16.8. The van der Waals surface area contributed by atoms with Gasteiger partial charge in [0.15, 0.2) is 0 Å². The van der Waals surface area contributed by atoms with Gasteiger partial charge >= 0.3 is 0 Å². The standard InChI is InChI=1S/C23H28N4O.2ClH/c1-16-9-17(2)21(18(3)10-16)12-25-23(28)22(24)11-20-14-27(15-26-20)13-19-7-5-4-6-8-19;;/h4-10,14-15,22H,11-13,24H2,1-3H3,(H,25,28);2*1H/t22-;;/m0../s1. The van der Waals surface area contributed by atoms with Gasteiger partial charge in [0.2, 0.25) is 5.91 Å². The molecule has 2 aromatic carbocycles. The molecule has 5 nitrogen and oxygen atoms in total. The number of nitrogens with one attached hydrogen (secondary N) is 1. The van der Waals surface area contributed by atoms with Crippen LogP contribution in [0.3, 0.4) is 0 Å². The van der Waals surface area contributed by atoms with Gasteiger partial charge in [0.05, 0.1) is 18.1 Å². The molecule has 0 saturated carbocycles. The molecule has 0 aliphatic heterocycles. The number of halogens is 2. The second kappa shape index (κ2) is 11.7. The molecule has 3 aromatic rings. The SMILES string of the molecule is Cc1cc(C)c(CNC(=O)[C@@H](N)Cc2cn(Cc3ccccc3)cn2)c(C)c1.Cl.Cl. The first-order valence-corrected chi connectivity index (χ1v) is 9.57. The summed E-state index contributed by atoms with van der Waals surface area (Å²) in [6.07, 6.45) is 4.15. The number of nitrogens with zero attached hydrogens (tertiary/aromatic N) is 2. The highest BCUT2D eigenvalue weighted by Crippen LogP contribution is 2.16. The van der Waals surface area contributed by atoms with Crippen molar-refractivity contribution in [3.8, 4) is 0 Å². The minimum Gasteiger partial charge on any atom is -0.351 e. The molecule has 0 aliphatic carbocycles. The molecule has 0 radical (unpaired) electrons. The molecule has 1 heterocycles. The summed E-state index contributed by atoms with van der Waals surface area (Å²) in [6.45, 7) is 7.46. The average Bonchev–Trinajstić information content (AvgIpc) is 3.08. The zero-order valence-electron chi connectivity index (χ0n) is 17.6. The Balaban J connectivity index is 0.00000225. The van der Waals surface area contributed by atoms with Gasteiger partial charge in [0.1, 0.15) is 0 Å². The highest BCUT2D eigenvalue weighted by Gasteiger charge is 2.16. The molecule has 1 amide bonds. The predicted molar refractivity (Wildman–Crippen MR) is 126 cm³/mol. The van der Waals surface area contributed by atoms with Crippen molar-refractivity contribution in [1.82, 2.24) is 14.9 Å². The molecule has 3 N–H and O–H groups in total. The number of rotatable bonds is 7. The number of carbonyl (C=O) groups is 1. The number of hydrogen-bond acceptors (Lipinski definition) is 3. The van der Waals surface area contributed by atoms with Gasteiger partial charge < -0.3 is 15.6 Å². The van der Waals surface area contributed by atoms with E-state index in [2.05, 4.69) is 55.3 Å². The number of carbonyl (C=O) groups excluding carboxylic acids is 1. The summed E-state index contributed by atoms with van der Waals surface area (Å²) < 4.78 is 2.01. The van der Waals surface area contributed by atoms with Gasteiger partial charge in [-0.25, -0.2) is 4.98 Å². The molecule has 1 atom stereocenters. The molecule has 0 fully saturated rings. The maximum absolute atomic E-state index is 12.4. The van der Waals surface area contributed by atoms with Crippen LogP contribution in [-0.4, -0.2) is 21.5 Å². The Hall–Kier alpha value is -2.34. The highest BCUT2D eigenvalue weighted by molar-refractivity contribution is 5.85. The van der Waals surface area contributed by atoms with Gasteiger partial charge in [-0.05, 0) is 43.0 Å². The molecule has 162 valence electrons. The summed E-state index contributed by atoms with van der Waals surface area (Å²) in [5.41, 5.74) is 12.9. The first kappa shape index (κ1) is 25.7. The minimum atomic E-state index is -0.619. The largest absolute Gasteiger partial charge is 0.351 e. The third-order valence-corrected chi connectivity index (χ3v) is 4.94. The Morgan fingerprint density at radius 1 is 1.10 bits per heavy atom. The molecule has 0 spiro atoms. The number of hydrogen-bond donors (Lipinski definition) is 2. The Kier molecular flexibility index (Phi) is 10.1. The molecule has 0 bridgehead atoms. The van der Waals surface area contributed by atoms with E-state index < -0.39 is 6.04 Å². The summed E-state index contributed by atoms with van der Waals surface area (Å²) >= 11 is 0. The molecule has 30 heavy (non-hydrogen) atoms. The Bertz CT molecular complexity index is 934. The van der Waals surface area contributed by atoms with Crippen molar-refractivity contribution in [3.05, 3.63) is 88.5 Å². The summed E-state index contributed by atoms with van der Waals surface area (Å²) in [5.74, 6) is -0.156. The molecule has 0 saturated heterocycles. The number of aryl methyl sites for hydroxylation is 3. The number of benzene rings is 2. The van der Waals surface area contributed by atoms with Gasteiger partial charge in [0, 0.05) is 25.7 Å². The van der Waals surface area contributed by atoms with Crippen molar-refractivity contribution in [2.45, 2.75) is 46.3 Å². The lowest BCUT2D eigenvalue weighted by Gasteiger charge is -2.15. The molecule has 1 aromatic heterocycles. The van der Waals surface area contributed by atoms with Crippen LogP contribution in [-0.2, 0) is 24.3 Å². The van der Waals surface area contributed by atoms with E-state index in [1.165, 1.54) is 22.3 Å². The molecule has 7 heteroatoms. The number of nitrogens with two attached hydrogens (primary N) is 1. The fraction of sp³-hybridized carbons (Fsp3) is 0.304. The van der Waals surface area contributed by atoms with Crippen molar-refractivity contribution >= 4 is 30.7 Å². The monoisotopic (exact) mass is 448 g/mol. The lowest BCUT2D eigenvalue weighted by molar-refractivity contribution is -0.122. The topological polar surface area (TPSA) is 72.9 Å². The fourth-order valence-electron chi connectivity index (χ4n) is 3.51. The van der Waals surface area contributed by atoms with Gasteiger partial charge in [-0.15, -0.1) is 24.8 Å². The number of amides is 1. The van der Waals surface area contributed by atoms with Crippen LogP contribution >= 0.6 is 24.8 Å². The van der Waals surface area contributed by atoms with E-state index >= 15 is 0 Å². The first-order chi connectivity index (χ1) is 13.4. The zero-order chi connectivity index (χ0) is 20.1. The van der Waals surface area contributed by atoms with Crippen molar-refractivity contribution in [2.75, 3.05) is 0 Å². The van der Waals surface area contributed by atoms with Crippen molar-refractivity contribution in [1.29, 1.82) is 0 Å².